The summed E-state index contributed by atoms with van der Waals surface area (Å²) in [5.74, 6) is -0.271. The number of amides is 1. The lowest BCUT2D eigenvalue weighted by Crippen LogP contribution is -2.30. The van der Waals surface area contributed by atoms with E-state index in [4.69, 9.17) is 4.74 Å². The van der Waals surface area contributed by atoms with E-state index in [2.05, 4.69) is 9.97 Å². The lowest BCUT2D eigenvalue weighted by Gasteiger charge is -2.19. The Morgan fingerprint density at radius 2 is 1.91 bits per heavy atom. The maximum absolute atomic E-state index is 13.6. The average Bonchev–Trinajstić information content (AvgIpc) is 3.25. The number of fused-ring (bicyclic) bond motifs is 1. The first kappa shape index (κ1) is 23.8. The summed E-state index contributed by atoms with van der Waals surface area (Å²) in [6.45, 7) is 0.174. The van der Waals surface area contributed by atoms with Crippen LogP contribution in [0.1, 0.15) is 18.5 Å². The molecule has 0 atom stereocenters. The summed E-state index contributed by atoms with van der Waals surface area (Å²) in [7, 11) is -2.04. The third kappa shape index (κ3) is 5.57. The molecule has 34 heavy (non-hydrogen) atoms. The second kappa shape index (κ2) is 10.3. The first-order valence-electron chi connectivity index (χ1n) is 10.5. The molecule has 2 heterocycles. The van der Waals surface area contributed by atoms with Crippen molar-refractivity contribution < 1.29 is 22.3 Å². The number of benzene rings is 2. The van der Waals surface area contributed by atoms with Crippen LogP contribution in [0.25, 0.3) is 10.2 Å². The van der Waals surface area contributed by atoms with Crippen molar-refractivity contribution in [3.05, 3.63) is 78.4 Å². The Labute approximate surface area is 200 Å². The summed E-state index contributed by atoms with van der Waals surface area (Å²) in [6.07, 6.45) is 1.78. The van der Waals surface area contributed by atoms with Gasteiger partial charge in [-0.1, -0.05) is 17.4 Å². The van der Waals surface area contributed by atoms with Crippen molar-refractivity contribution in [2.75, 3.05) is 17.8 Å². The van der Waals surface area contributed by atoms with Gasteiger partial charge in [0, 0.05) is 12.6 Å². The molecule has 0 saturated carbocycles. The van der Waals surface area contributed by atoms with Crippen LogP contribution < -0.4 is 9.64 Å². The molecule has 7 nitrogen and oxygen atoms in total. The maximum Gasteiger partial charge on any atom is 0.229 e. The third-order valence-corrected chi connectivity index (χ3v) is 8.00. The Bertz CT molecular complexity index is 1390. The van der Waals surface area contributed by atoms with Gasteiger partial charge < -0.3 is 4.74 Å². The van der Waals surface area contributed by atoms with Crippen molar-refractivity contribution in [2.45, 2.75) is 24.3 Å². The molecule has 2 aromatic heterocycles. The van der Waals surface area contributed by atoms with Crippen molar-refractivity contribution in [3.63, 3.8) is 0 Å². The Kier molecular flexibility index (Phi) is 7.18. The second-order valence-electron chi connectivity index (χ2n) is 7.51. The number of thiazole rings is 1. The molecule has 4 aromatic rings. The van der Waals surface area contributed by atoms with Gasteiger partial charge in [-0.3, -0.25) is 14.7 Å². The largest absolute Gasteiger partial charge is 0.497 e. The van der Waals surface area contributed by atoms with E-state index in [9.17, 15) is 17.6 Å². The molecule has 0 unspecified atom stereocenters. The topological polar surface area (TPSA) is 89.5 Å². The minimum atomic E-state index is -3.55. The van der Waals surface area contributed by atoms with E-state index in [0.717, 1.165) is 0 Å². The van der Waals surface area contributed by atoms with E-state index >= 15 is 0 Å². The third-order valence-electron chi connectivity index (χ3n) is 5.14. The molecule has 0 aliphatic heterocycles. The fraction of sp³-hybridized carbons (Fsp3) is 0.208. The van der Waals surface area contributed by atoms with Gasteiger partial charge in [0.2, 0.25) is 5.91 Å². The van der Waals surface area contributed by atoms with Crippen LogP contribution in [-0.2, 0) is 21.2 Å². The maximum atomic E-state index is 13.6. The van der Waals surface area contributed by atoms with Gasteiger partial charge in [0.1, 0.15) is 11.6 Å². The first-order valence-corrected chi connectivity index (χ1v) is 13.0. The highest BCUT2D eigenvalue weighted by Gasteiger charge is 2.22. The quantitative estimate of drug-likeness (QED) is 0.334. The van der Waals surface area contributed by atoms with Crippen molar-refractivity contribution in [3.8, 4) is 5.75 Å². The van der Waals surface area contributed by atoms with Crippen LogP contribution in [0.15, 0.2) is 71.8 Å². The number of carbonyl (C=O) groups is 1. The molecule has 0 saturated heterocycles. The number of carbonyl (C=O) groups excluding carboxylic acids is 1. The number of hydrogen-bond acceptors (Lipinski definition) is 7. The van der Waals surface area contributed by atoms with Gasteiger partial charge in [-0.05, 0) is 61.0 Å². The van der Waals surface area contributed by atoms with E-state index in [1.165, 1.54) is 47.6 Å². The van der Waals surface area contributed by atoms with Gasteiger partial charge in [0.25, 0.3) is 0 Å². The molecule has 0 fully saturated rings. The molecule has 176 valence electrons. The zero-order valence-corrected chi connectivity index (χ0v) is 20.0. The number of aromatic nitrogens is 2. The number of pyridine rings is 1. The number of hydrogen-bond donors (Lipinski definition) is 0. The first-order chi connectivity index (χ1) is 16.4. The van der Waals surface area contributed by atoms with E-state index in [1.54, 1.807) is 36.5 Å². The molecule has 0 spiro atoms. The lowest BCUT2D eigenvalue weighted by atomic mass is 10.2. The van der Waals surface area contributed by atoms with Gasteiger partial charge >= 0.3 is 0 Å². The van der Waals surface area contributed by atoms with Crippen LogP contribution in [0.4, 0.5) is 9.52 Å². The number of sulfone groups is 1. The normalized spacial score (nSPS) is 11.5. The molecular formula is C24H22FN3O4S2. The number of halogens is 1. The highest BCUT2D eigenvalue weighted by Crippen LogP contribution is 2.31. The Balaban J connectivity index is 1.50. The van der Waals surface area contributed by atoms with Gasteiger partial charge in [-0.15, -0.1) is 0 Å². The van der Waals surface area contributed by atoms with E-state index in [-0.39, 0.29) is 41.8 Å². The Morgan fingerprint density at radius 3 is 2.62 bits per heavy atom. The second-order valence-corrected chi connectivity index (χ2v) is 10.6. The lowest BCUT2D eigenvalue weighted by molar-refractivity contribution is -0.118. The van der Waals surface area contributed by atoms with Crippen LogP contribution in [0.3, 0.4) is 0 Å². The number of nitrogens with zero attached hydrogens (tertiary/aromatic N) is 3. The highest BCUT2D eigenvalue weighted by atomic mass is 32.2. The molecule has 0 radical (unpaired) electrons. The van der Waals surface area contributed by atoms with Crippen LogP contribution >= 0.6 is 11.3 Å². The molecule has 0 aliphatic carbocycles. The van der Waals surface area contributed by atoms with Gasteiger partial charge in [-0.25, -0.2) is 17.8 Å². The fourth-order valence-corrected chi connectivity index (χ4v) is 5.69. The van der Waals surface area contributed by atoms with Crippen molar-refractivity contribution in [1.29, 1.82) is 0 Å². The van der Waals surface area contributed by atoms with Crippen LogP contribution in [-0.4, -0.2) is 37.2 Å². The Hall–Kier alpha value is -3.37. The van der Waals surface area contributed by atoms with Crippen molar-refractivity contribution >= 4 is 42.4 Å². The summed E-state index contributed by atoms with van der Waals surface area (Å²) >= 11 is 1.20. The van der Waals surface area contributed by atoms with Crippen molar-refractivity contribution in [1.82, 2.24) is 9.97 Å². The number of methoxy groups -OCH3 is 1. The monoisotopic (exact) mass is 499 g/mol. The smallest absolute Gasteiger partial charge is 0.229 e. The van der Waals surface area contributed by atoms with Crippen LogP contribution in [0, 0.1) is 5.82 Å². The van der Waals surface area contributed by atoms with Crippen molar-refractivity contribution in [2.24, 2.45) is 0 Å². The fourth-order valence-electron chi connectivity index (χ4n) is 3.37. The van der Waals surface area contributed by atoms with Gasteiger partial charge in [0.15, 0.2) is 15.0 Å². The molecule has 0 N–H and O–H groups in total. The molecule has 2 aromatic carbocycles. The zero-order valence-electron chi connectivity index (χ0n) is 18.3. The molecular weight excluding hydrogens is 477 g/mol. The molecule has 0 bridgehead atoms. The van der Waals surface area contributed by atoms with Gasteiger partial charge in [-0.2, -0.15) is 0 Å². The predicted molar refractivity (Wildman–Crippen MR) is 129 cm³/mol. The summed E-state index contributed by atoms with van der Waals surface area (Å²) in [5, 5.41) is 0.411. The molecule has 0 aliphatic rings. The average molecular weight is 500 g/mol. The highest BCUT2D eigenvalue weighted by molar-refractivity contribution is 7.91. The molecule has 1 amide bonds. The summed E-state index contributed by atoms with van der Waals surface area (Å²) in [6, 6.07) is 15.8. The summed E-state index contributed by atoms with van der Waals surface area (Å²) in [5.41, 5.74) is 1.24. The SMILES string of the molecule is COc1ccc(S(=O)(=O)CCCC(=O)N(Cc2ccccn2)c2nc3ccc(F)cc3s2)cc1. The van der Waals surface area contributed by atoms with E-state index in [0.29, 0.717) is 26.8 Å². The van der Waals surface area contributed by atoms with Crippen LogP contribution in [0.2, 0.25) is 0 Å². The minimum absolute atomic E-state index is 0.00645. The standard InChI is InChI=1S/C24H22FN3O4S2/c1-32-19-8-10-20(11-9-19)34(30,31)14-4-6-23(29)28(16-18-5-2-3-13-26-18)24-27-21-12-7-17(25)15-22(21)33-24/h2-3,5,7-13,15H,4,6,14,16H2,1H3. The Morgan fingerprint density at radius 1 is 1.12 bits per heavy atom. The summed E-state index contributed by atoms with van der Waals surface area (Å²) < 4.78 is 44.7. The predicted octanol–water partition coefficient (Wildman–Crippen LogP) is 4.63. The summed E-state index contributed by atoms with van der Waals surface area (Å²) in [4.78, 5) is 23.6. The zero-order chi connectivity index (χ0) is 24.1. The van der Waals surface area contributed by atoms with Crippen LogP contribution in [0.5, 0.6) is 5.75 Å². The number of rotatable bonds is 9. The minimum Gasteiger partial charge on any atom is -0.497 e. The molecule has 10 heteroatoms. The number of anilines is 1. The molecule has 4 rings (SSSR count). The van der Waals surface area contributed by atoms with E-state index < -0.39 is 9.84 Å². The van der Waals surface area contributed by atoms with Gasteiger partial charge in [0.05, 0.1) is 40.2 Å². The van der Waals surface area contributed by atoms with E-state index in [1.807, 2.05) is 6.07 Å². The number of ether oxygens (including phenoxy) is 1.